The second kappa shape index (κ2) is 6.15. The third-order valence-electron chi connectivity index (χ3n) is 4.28. The Bertz CT molecular complexity index is 611. The molecule has 0 aliphatic heterocycles. The number of carbonyl (C=O) groups is 1. The van der Waals surface area contributed by atoms with E-state index >= 15 is 0 Å². The summed E-state index contributed by atoms with van der Waals surface area (Å²) in [5.41, 5.74) is 3.87. The molecule has 0 saturated heterocycles. The standard InChI is InChI=1S/C19H22OS/c1-13(2)15-9-7-14(8-10-15)11-17(20)19-12-16-5-3-4-6-18(16)21-19/h7-10,12-13H,3-6,11H2,1-2H3. The molecule has 0 amide bonds. The van der Waals surface area contributed by atoms with E-state index in [0.29, 0.717) is 12.3 Å². The predicted octanol–water partition coefficient (Wildman–Crippen LogP) is 5.18. The molecule has 1 nitrogen and oxygen atoms in total. The Morgan fingerprint density at radius 3 is 2.52 bits per heavy atom. The molecule has 21 heavy (non-hydrogen) atoms. The molecular weight excluding hydrogens is 276 g/mol. The summed E-state index contributed by atoms with van der Waals surface area (Å²) in [5, 5.41) is 0. The first-order valence-electron chi connectivity index (χ1n) is 7.87. The molecule has 110 valence electrons. The van der Waals surface area contributed by atoms with Gasteiger partial charge >= 0.3 is 0 Å². The fraction of sp³-hybridized carbons (Fsp3) is 0.421. The van der Waals surface area contributed by atoms with Gasteiger partial charge in [-0.2, -0.15) is 0 Å². The maximum atomic E-state index is 12.5. The van der Waals surface area contributed by atoms with Crippen molar-refractivity contribution >= 4 is 17.1 Å². The van der Waals surface area contributed by atoms with Gasteiger partial charge in [-0.3, -0.25) is 4.79 Å². The number of rotatable bonds is 4. The van der Waals surface area contributed by atoms with Crippen LogP contribution in [0.15, 0.2) is 30.3 Å². The average molecular weight is 298 g/mol. The second-order valence-electron chi connectivity index (χ2n) is 6.26. The van der Waals surface area contributed by atoms with Crippen LogP contribution in [0.2, 0.25) is 0 Å². The summed E-state index contributed by atoms with van der Waals surface area (Å²) in [5.74, 6) is 0.811. The molecular formula is C19H22OS. The van der Waals surface area contributed by atoms with Crippen LogP contribution in [-0.4, -0.2) is 5.78 Å². The average Bonchev–Trinajstić information content (AvgIpc) is 2.92. The van der Waals surface area contributed by atoms with Crippen molar-refractivity contribution < 1.29 is 4.79 Å². The van der Waals surface area contributed by atoms with E-state index < -0.39 is 0 Å². The normalized spacial score (nSPS) is 14.2. The fourth-order valence-corrected chi connectivity index (χ4v) is 4.11. The largest absolute Gasteiger partial charge is 0.293 e. The highest BCUT2D eigenvalue weighted by Crippen LogP contribution is 2.30. The van der Waals surface area contributed by atoms with Crippen molar-refractivity contribution in [1.29, 1.82) is 0 Å². The van der Waals surface area contributed by atoms with E-state index in [4.69, 9.17) is 0 Å². The molecule has 1 aromatic heterocycles. The lowest BCUT2D eigenvalue weighted by molar-refractivity contribution is 0.0997. The lowest BCUT2D eigenvalue weighted by Gasteiger charge is -2.08. The molecule has 1 aromatic carbocycles. The van der Waals surface area contributed by atoms with Crippen LogP contribution < -0.4 is 0 Å². The number of thiophene rings is 1. The quantitative estimate of drug-likeness (QED) is 0.711. The number of Topliss-reactive ketones (excluding diaryl/α,β-unsaturated/α-hetero) is 1. The Labute approximate surface area is 131 Å². The van der Waals surface area contributed by atoms with Crippen LogP contribution in [0.3, 0.4) is 0 Å². The number of benzene rings is 1. The SMILES string of the molecule is CC(C)c1ccc(CC(=O)c2cc3c(s2)CCCC3)cc1. The lowest BCUT2D eigenvalue weighted by Crippen LogP contribution is -2.01. The second-order valence-corrected chi connectivity index (χ2v) is 7.40. The Morgan fingerprint density at radius 2 is 1.86 bits per heavy atom. The minimum absolute atomic E-state index is 0.270. The molecule has 0 fully saturated rings. The van der Waals surface area contributed by atoms with Gasteiger partial charge in [0.25, 0.3) is 0 Å². The Kier molecular flexibility index (Phi) is 4.25. The van der Waals surface area contributed by atoms with Gasteiger partial charge in [-0.15, -0.1) is 11.3 Å². The minimum Gasteiger partial charge on any atom is -0.293 e. The summed E-state index contributed by atoms with van der Waals surface area (Å²) in [6.07, 6.45) is 5.39. The first-order valence-corrected chi connectivity index (χ1v) is 8.69. The smallest absolute Gasteiger partial charge is 0.177 e. The maximum absolute atomic E-state index is 12.5. The van der Waals surface area contributed by atoms with Crippen molar-refractivity contribution in [2.24, 2.45) is 0 Å². The zero-order chi connectivity index (χ0) is 14.8. The van der Waals surface area contributed by atoms with Crippen LogP contribution >= 0.6 is 11.3 Å². The van der Waals surface area contributed by atoms with E-state index in [-0.39, 0.29) is 5.78 Å². The van der Waals surface area contributed by atoms with Crippen LogP contribution in [0.1, 0.15) is 63.8 Å². The third kappa shape index (κ3) is 3.26. The summed E-state index contributed by atoms with van der Waals surface area (Å²) in [4.78, 5) is 14.9. The zero-order valence-corrected chi connectivity index (χ0v) is 13.6. The van der Waals surface area contributed by atoms with Crippen LogP contribution in [0.5, 0.6) is 0 Å². The summed E-state index contributed by atoms with van der Waals surface area (Å²) >= 11 is 1.72. The summed E-state index contributed by atoms with van der Waals surface area (Å²) in [6, 6.07) is 10.6. The third-order valence-corrected chi connectivity index (χ3v) is 5.56. The van der Waals surface area contributed by atoms with E-state index in [1.807, 2.05) is 0 Å². The predicted molar refractivity (Wildman–Crippen MR) is 89.5 cm³/mol. The number of aryl methyl sites for hydroxylation is 2. The first kappa shape index (κ1) is 14.5. The molecule has 0 unspecified atom stereocenters. The number of carbonyl (C=O) groups excluding carboxylic acids is 1. The van der Waals surface area contributed by atoms with Crippen molar-refractivity contribution in [2.45, 2.75) is 51.9 Å². The maximum Gasteiger partial charge on any atom is 0.177 e. The first-order chi connectivity index (χ1) is 10.1. The Hall–Kier alpha value is -1.41. The number of ketones is 1. The topological polar surface area (TPSA) is 17.1 Å². The molecule has 0 saturated carbocycles. The summed E-state index contributed by atoms with van der Waals surface area (Å²) in [6.45, 7) is 4.38. The monoisotopic (exact) mass is 298 g/mol. The van der Waals surface area contributed by atoms with E-state index in [1.165, 1.54) is 28.8 Å². The molecule has 0 radical (unpaired) electrons. The van der Waals surface area contributed by atoms with Gasteiger partial charge in [-0.1, -0.05) is 38.1 Å². The van der Waals surface area contributed by atoms with Gasteiger partial charge < -0.3 is 0 Å². The summed E-state index contributed by atoms with van der Waals surface area (Å²) in [7, 11) is 0. The number of hydrogen-bond donors (Lipinski definition) is 0. The number of fused-ring (bicyclic) bond motifs is 1. The lowest BCUT2D eigenvalue weighted by atomic mass is 9.98. The molecule has 0 bridgehead atoms. The van der Waals surface area contributed by atoms with Crippen molar-refractivity contribution in [3.05, 3.63) is 56.8 Å². The van der Waals surface area contributed by atoms with Crippen LogP contribution in [0, 0.1) is 0 Å². The van der Waals surface area contributed by atoms with Gasteiger partial charge in [0.2, 0.25) is 0 Å². The van der Waals surface area contributed by atoms with Gasteiger partial charge in [0.15, 0.2) is 5.78 Å². The van der Waals surface area contributed by atoms with Gasteiger partial charge in [0.05, 0.1) is 4.88 Å². The van der Waals surface area contributed by atoms with Crippen LogP contribution in [0.25, 0.3) is 0 Å². The van der Waals surface area contributed by atoms with Crippen LogP contribution in [-0.2, 0) is 19.3 Å². The van der Waals surface area contributed by atoms with Gasteiger partial charge in [0.1, 0.15) is 0 Å². The van der Waals surface area contributed by atoms with E-state index in [9.17, 15) is 4.79 Å². The fourth-order valence-electron chi connectivity index (χ4n) is 2.92. The van der Waals surface area contributed by atoms with Crippen molar-refractivity contribution in [3.8, 4) is 0 Å². The molecule has 3 rings (SSSR count). The molecule has 2 aromatic rings. The Balaban J connectivity index is 1.72. The van der Waals surface area contributed by atoms with E-state index in [1.54, 1.807) is 11.3 Å². The molecule has 0 atom stereocenters. The molecule has 0 spiro atoms. The van der Waals surface area contributed by atoms with Crippen molar-refractivity contribution in [3.63, 3.8) is 0 Å². The van der Waals surface area contributed by atoms with E-state index in [0.717, 1.165) is 23.3 Å². The van der Waals surface area contributed by atoms with Gasteiger partial charge in [-0.05, 0) is 54.4 Å². The Morgan fingerprint density at radius 1 is 1.14 bits per heavy atom. The van der Waals surface area contributed by atoms with Gasteiger partial charge in [0, 0.05) is 11.3 Å². The molecule has 1 aliphatic rings. The summed E-state index contributed by atoms with van der Waals surface area (Å²) < 4.78 is 0. The molecule has 1 aliphatic carbocycles. The highest BCUT2D eigenvalue weighted by molar-refractivity contribution is 7.14. The van der Waals surface area contributed by atoms with Gasteiger partial charge in [-0.25, -0.2) is 0 Å². The highest BCUT2D eigenvalue weighted by Gasteiger charge is 2.17. The van der Waals surface area contributed by atoms with Crippen molar-refractivity contribution in [1.82, 2.24) is 0 Å². The highest BCUT2D eigenvalue weighted by atomic mass is 32.1. The van der Waals surface area contributed by atoms with Crippen molar-refractivity contribution in [2.75, 3.05) is 0 Å². The number of hydrogen-bond acceptors (Lipinski definition) is 2. The molecule has 2 heteroatoms. The van der Waals surface area contributed by atoms with E-state index in [2.05, 4.69) is 44.2 Å². The van der Waals surface area contributed by atoms with Crippen LogP contribution in [0.4, 0.5) is 0 Å². The molecule has 1 heterocycles. The minimum atomic E-state index is 0.270. The molecule has 0 N–H and O–H groups in total. The zero-order valence-electron chi connectivity index (χ0n) is 12.8.